The zero-order valence-electron chi connectivity index (χ0n) is 17.7. The average molecular weight is 454 g/mol. The summed E-state index contributed by atoms with van der Waals surface area (Å²) in [6.45, 7) is 3.94. The second-order valence-corrected chi connectivity index (χ2v) is 9.08. The predicted molar refractivity (Wildman–Crippen MR) is 111 cm³/mol. The Morgan fingerprint density at radius 3 is 2.52 bits per heavy atom. The molecule has 11 nitrogen and oxygen atoms in total. The SMILES string of the molecule is O=COC(=O)CCN1CC2(C1)CN(c1ccc3c(c1)C(=O)N(C1CCC(=O)NC1=O)C3=O)C2. The number of carbonyl (C=O) groups excluding carboxylic acids is 6. The molecule has 0 aliphatic carbocycles. The van der Waals surface area contributed by atoms with Gasteiger partial charge in [0.1, 0.15) is 6.04 Å². The van der Waals surface area contributed by atoms with Crippen LogP contribution in [0.5, 0.6) is 0 Å². The van der Waals surface area contributed by atoms with Crippen LogP contribution in [0.1, 0.15) is 40.0 Å². The third-order valence-corrected chi connectivity index (χ3v) is 6.77. The van der Waals surface area contributed by atoms with Crippen LogP contribution in [-0.4, -0.2) is 84.6 Å². The van der Waals surface area contributed by atoms with Crippen molar-refractivity contribution in [3.8, 4) is 0 Å². The van der Waals surface area contributed by atoms with Gasteiger partial charge in [-0.05, 0) is 24.6 Å². The molecule has 4 amide bonds. The number of likely N-dealkylation sites (tertiary alicyclic amines) is 1. The summed E-state index contributed by atoms with van der Waals surface area (Å²) in [5, 5.41) is 2.19. The van der Waals surface area contributed by atoms with E-state index < -0.39 is 35.6 Å². The zero-order chi connectivity index (χ0) is 23.3. The quantitative estimate of drug-likeness (QED) is 0.256. The Hall–Kier alpha value is -3.60. The van der Waals surface area contributed by atoms with Crippen molar-refractivity contribution in [3.05, 3.63) is 29.3 Å². The molecule has 3 fully saturated rings. The van der Waals surface area contributed by atoms with E-state index in [2.05, 4.69) is 19.9 Å². The molecule has 1 spiro atoms. The van der Waals surface area contributed by atoms with Crippen LogP contribution in [0, 0.1) is 5.41 Å². The molecule has 11 heteroatoms. The maximum atomic E-state index is 13.0. The first kappa shape index (κ1) is 21.3. The van der Waals surface area contributed by atoms with Gasteiger partial charge in [-0.25, -0.2) is 0 Å². The molecule has 4 aliphatic heterocycles. The highest BCUT2D eigenvalue weighted by Gasteiger charge is 2.52. The first-order chi connectivity index (χ1) is 15.8. The maximum absolute atomic E-state index is 13.0. The van der Waals surface area contributed by atoms with Crippen LogP contribution in [0.25, 0.3) is 0 Å². The number of nitrogens with one attached hydrogen (secondary N) is 1. The summed E-state index contributed by atoms with van der Waals surface area (Å²) in [6, 6.07) is 4.14. The number of amides is 4. The lowest BCUT2D eigenvalue weighted by Gasteiger charge is -2.61. The lowest BCUT2D eigenvalue weighted by atomic mass is 9.72. The summed E-state index contributed by atoms with van der Waals surface area (Å²) in [5.41, 5.74) is 1.50. The highest BCUT2D eigenvalue weighted by atomic mass is 16.6. The number of piperidine rings is 1. The van der Waals surface area contributed by atoms with Gasteiger partial charge in [-0.15, -0.1) is 0 Å². The number of ether oxygens (including phenoxy) is 1. The number of rotatable bonds is 6. The largest absolute Gasteiger partial charge is 0.395 e. The molecule has 3 saturated heterocycles. The maximum Gasteiger partial charge on any atom is 0.314 e. The van der Waals surface area contributed by atoms with Gasteiger partial charge in [-0.3, -0.25) is 39.0 Å². The van der Waals surface area contributed by atoms with Crippen LogP contribution in [0.15, 0.2) is 18.2 Å². The number of benzene rings is 1. The molecule has 4 aliphatic rings. The van der Waals surface area contributed by atoms with Crippen molar-refractivity contribution in [1.82, 2.24) is 15.1 Å². The Morgan fingerprint density at radius 2 is 1.82 bits per heavy atom. The summed E-state index contributed by atoms with van der Waals surface area (Å²) in [6.07, 6.45) is 0.379. The van der Waals surface area contributed by atoms with E-state index in [0.29, 0.717) is 6.54 Å². The van der Waals surface area contributed by atoms with Gasteiger partial charge in [0.25, 0.3) is 11.8 Å². The van der Waals surface area contributed by atoms with Crippen LogP contribution in [0.2, 0.25) is 0 Å². The van der Waals surface area contributed by atoms with Crippen LogP contribution < -0.4 is 10.2 Å². The normalized spacial score (nSPS) is 23.7. The molecule has 0 radical (unpaired) electrons. The van der Waals surface area contributed by atoms with E-state index in [1.165, 1.54) is 0 Å². The average Bonchev–Trinajstić information content (AvgIpc) is 2.96. The summed E-state index contributed by atoms with van der Waals surface area (Å²) in [5.74, 6) is -2.60. The van der Waals surface area contributed by atoms with Crippen molar-refractivity contribution in [3.63, 3.8) is 0 Å². The number of imide groups is 2. The summed E-state index contributed by atoms with van der Waals surface area (Å²) in [4.78, 5) is 76.1. The molecular weight excluding hydrogens is 432 g/mol. The van der Waals surface area contributed by atoms with Gasteiger partial charge in [0.2, 0.25) is 11.8 Å². The topological polar surface area (TPSA) is 133 Å². The summed E-state index contributed by atoms with van der Waals surface area (Å²) < 4.78 is 4.29. The lowest BCUT2D eigenvalue weighted by molar-refractivity contribution is -0.152. The van der Waals surface area contributed by atoms with Gasteiger partial charge >= 0.3 is 12.4 Å². The molecule has 4 heterocycles. The van der Waals surface area contributed by atoms with E-state index in [0.717, 1.165) is 36.8 Å². The minimum atomic E-state index is -0.976. The number of esters is 1. The molecule has 1 unspecified atom stereocenters. The van der Waals surface area contributed by atoms with Gasteiger partial charge in [0.05, 0.1) is 17.5 Å². The number of fused-ring (bicyclic) bond motifs is 1. The Kier molecular flexibility index (Phi) is 5.00. The first-order valence-electron chi connectivity index (χ1n) is 10.8. The van der Waals surface area contributed by atoms with Gasteiger partial charge in [-0.1, -0.05) is 0 Å². The molecule has 1 aromatic carbocycles. The number of anilines is 1. The van der Waals surface area contributed by atoms with Crippen molar-refractivity contribution in [1.29, 1.82) is 0 Å². The van der Waals surface area contributed by atoms with Crippen LogP contribution in [0.3, 0.4) is 0 Å². The third kappa shape index (κ3) is 3.58. The van der Waals surface area contributed by atoms with Crippen molar-refractivity contribution >= 4 is 41.8 Å². The third-order valence-electron chi connectivity index (χ3n) is 6.77. The van der Waals surface area contributed by atoms with Gasteiger partial charge in [-0.2, -0.15) is 0 Å². The van der Waals surface area contributed by atoms with Crippen molar-refractivity contribution in [2.45, 2.75) is 25.3 Å². The van der Waals surface area contributed by atoms with Crippen LogP contribution in [-0.2, 0) is 23.9 Å². The van der Waals surface area contributed by atoms with Crippen LogP contribution in [0.4, 0.5) is 5.69 Å². The standard InChI is InChI=1S/C22H22N4O7/c27-12-33-18(29)5-6-24-8-22(9-24)10-25(11-22)13-1-2-14-15(7-13)21(32)26(20(14)31)16-3-4-17(28)23-19(16)30/h1-2,7,12,16H,3-6,8-11H2,(H,23,28,30). The Bertz CT molecular complexity index is 1090. The Balaban J connectivity index is 1.20. The molecular formula is C22H22N4O7. The molecule has 33 heavy (non-hydrogen) atoms. The first-order valence-corrected chi connectivity index (χ1v) is 10.8. The second kappa shape index (κ2) is 7.77. The number of hydrogen-bond donors (Lipinski definition) is 1. The zero-order valence-corrected chi connectivity index (χ0v) is 17.7. The van der Waals surface area contributed by atoms with Crippen molar-refractivity contribution in [2.75, 3.05) is 37.6 Å². The highest BCUT2D eigenvalue weighted by molar-refractivity contribution is 6.23. The van der Waals surface area contributed by atoms with E-state index in [1.54, 1.807) is 18.2 Å². The van der Waals surface area contributed by atoms with E-state index in [1.807, 2.05) is 0 Å². The Morgan fingerprint density at radius 1 is 1.09 bits per heavy atom. The highest BCUT2D eigenvalue weighted by Crippen LogP contribution is 2.42. The fourth-order valence-electron chi connectivity index (χ4n) is 5.22. The molecule has 172 valence electrons. The molecule has 0 aromatic heterocycles. The molecule has 0 saturated carbocycles. The van der Waals surface area contributed by atoms with Crippen molar-refractivity contribution < 1.29 is 33.5 Å². The molecule has 1 atom stereocenters. The number of hydrogen-bond acceptors (Lipinski definition) is 9. The molecule has 5 rings (SSSR count). The van der Waals surface area contributed by atoms with Gasteiger partial charge in [0, 0.05) is 50.2 Å². The smallest absolute Gasteiger partial charge is 0.314 e. The molecule has 0 bridgehead atoms. The van der Waals surface area contributed by atoms with Gasteiger partial charge in [0.15, 0.2) is 0 Å². The fourth-order valence-corrected chi connectivity index (χ4v) is 5.22. The van der Waals surface area contributed by atoms with E-state index in [-0.39, 0.29) is 42.3 Å². The van der Waals surface area contributed by atoms with Crippen LogP contribution >= 0.6 is 0 Å². The Labute approximate surface area is 188 Å². The predicted octanol–water partition coefficient (Wildman–Crippen LogP) is -0.700. The van der Waals surface area contributed by atoms with Gasteiger partial charge < -0.3 is 14.5 Å². The number of nitrogens with zero attached hydrogens (tertiary/aromatic N) is 3. The van der Waals surface area contributed by atoms with E-state index in [9.17, 15) is 28.8 Å². The summed E-state index contributed by atoms with van der Waals surface area (Å²) >= 11 is 0. The number of carbonyl (C=O) groups is 6. The summed E-state index contributed by atoms with van der Waals surface area (Å²) in [7, 11) is 0. The molecule has 1 N–H and O–H groups in total. The lowest BCUT2D eigenvalue weighted by Crippen LogP contribution is -2.72. The second-order valence-electron chi connectivity index (χ2n) is 9.08. The van der Waals surface area contributed by atoms with E-state index >= 15 is 0 Å². The minimum absolute atomic E-state index is 0.0835. The van der Waals surface area contributed by atoms with E-state index in [4.69, 9.17) is 0 Å². The monoisotopic (exact) mass is 454 g/mol. The fraction of sp³-hybridized carbons (Fsp3) is 0.455. The molecule has 1 aromatic rings. The minimum Gasteiger partial charge on any atom is -0.395 e. The van der Waals surface area contributed by atoms with Crippen molar-refractivity contribution in [2.24, 2.45) is 5.41 Å².